The van der Waals surface area contributed by atoms with Crippen LogP contribution in [0.5, 0.6) is 0 Å². The number of rotatable bonds is 6. The lowest BCUT2D eigenvalue weighted by Crippen LogP contribution is -2.46. The predicted molar refractivity (Wildman–Crippen MR) is 82.2 cm³/mol. The summed E-state index contributed by atoms with van der Waals surface area (Å²) in [6, 6.07) is 2.71. The summed E-state index contributed by atoms with van der Waals surface area (Å²) in [7, 11) is 0. The Bertz CT molecular complexity index is 502. The Morgan fingerprint density at radius 1 is 1.50 bits per heavy atom. The zero-order valence-corrected chi connectivity index (χ0v) is 13.2. The molecule has 0 aliphatic heterocycles. The summed E-state index contributed by atoms with van der Waals surface area (Å²) >= 11 is 4.66. The van der Waals surface area contributed by atoms with Gasteiger partial charge in [-0.3, -0.25) is 4.79 Å². The number of nitrogens with two attached hydrogens (primary N) is 1. The molecule has 3 amide bonds. The zero-order valence-electron chi connectivity index (χ0n) is 10.8. The number of halogens is 2. The molecule has 0 saturated heterocycles. The van der Waals surface area contributed by atoms with Gasteiger partial charge in [-0.05, 0) is 36.6 Å². The van der Waals surface area contributed by atoms with Crippen LogP contribution in [0, 0.1) is 5.82 Å². The number of hydrogen-bond donors (Lipinski definition) is 3. The molecule has 0 fully saturated rings. The number of carbonyl (C=O) groups excluding carboxylic acids is 2. The Morgan fingerprint density at radius 3 is 2.75 bits per heavy atom. The average molecular weight is 364 g/mol. The summed E-state index contributed by atoms with van der Waals surface area (Å²) in [6.45, 7) is 0. The van der Waals surface area contributed by atoms with Crippen molar-refractivity contribution in [1.29, 1.82) is 0 Å². The van der Waals surface area contributed by atoms with Gasteiger partial charge in [0.15, 0.2) is 0 Å². The molecule has 0 heterocycles. The number of benzene rings is 1. The van der Waals surface area contributed by atoms with E-state index in [2.05, 4.69) is 26.6 Å². The van der Waals surface area contributed by atoms with Crippen LogP contribution in [-0.4, -0.2) is 30.0 Å². The molecule has 0 aliphatic rings. The summed E-state index contributed by atoms with van der Waals surface area (Å²) < 4.78 is 14.2. The van der Waals surface area contributed by atoms with Crippen LogP contribution < -0.4 is 16.4 Å². The van der Waals surface area contributed by atoms with E-state index < -0.39 is 23.8 Å². The molecule has 5 nitrogen and oxygen atoms in total. The highest BCUT2D eigenvalue weighted by Gasteiger charge is 2.20. The molecule has 4 N–H and O–H groups in total. The standard InChI is InChI=1S/C12H15BrFN3O2S/c1-20-5-4-10(17-12(15)19)11(18)16-9-3-2-7(13)6-8(9)14/h2-3,6,10H,4-5H2,1H3,(H,16,18)(H3,15,17,19). The first-order chi connectivity index (χ1) is 9.43. The molecule has 0 aliphatic carbocycles. The number of thioether (sulfide) groups is 1. The van der Waals surface area contributed by atoms with Gasteiger partial charge in [0, 0.05) is 4.47 Å². The van der Waals surface area contributed by atoms with Crippen LogP contribution in [0.15, 0.2) is 22.7 Å². The first-order valence-electron chi connectivity index (χ1n) is 5.75. The lowest BCUT2D eigenvalue weighted by molar-refractivity contribution is -0.118. The van der Waals surface area contributed by atoms with Crippen LogP contribution >= 0.6 is 27.7 Å². The van der Waals surface area contributed by atoms with Crippen molar-refractivity contribution in [3.05, 3.63) is 28.5 Å². The number of hydrogen-bond acceptors (Lipinski definition) is 3. The van der Waals surface area contributed by atoms with E-state index in [0.29, 0.717) is 16.6 Å². The molecule has 1 atom stereocenters. The molecule has 8 heteroatoms. The van der Waals surface area contributed by atoms with Gasteiger partial charge in [-0.1, -0.05) is 15.9 Å². The quantitative estimate of drug-likeness (QED) is 0.724. The summed E-state index contributed by atoms with van der Waals surface area (Å²) in [5.41, 5.74) is 5.08. The van der Waals surface area contributed by atoms with Crippen molar-refractivity contribution in [3.63, 3.8) is 0 Å². The summed E-state index contributed by atoms with van der Waals surface area (Å²) in [6.07, 6.45) is 2.29. The number of urea groups is 1. The summed E-state index contributed by atoms with van der Waals surface area (Å²) in [5.74, 6) is -0.393. The van der Waals surface area contributed by atoms with Gasteiger partial charge in [0.2, 0.25) is 5.91 Å². The molecule has 1 aromatic rings. The maximum absolute atomic E-state index is 13.6. The predicted octanol–water partition coefficient (Wildman–Crippen LogP) is 2.32. The van der Waals surface area contributed by atoms with Crippen molar-refractivity contribution >= 4 is 45.3 Å². The van der Waals surface area contributed by atoms with Crippen molar-refractivity contribution < 1.29 is 14.0 Å². The third-order valence-electron chi connectivity index (χ3n) is 2.43. The molecule has 20 heavy (non-hydrogen) atoms. The van der Waals surface area contributed by atoms with Crippen LogP contribution in [-0.2, 0) is 4.79 Å². The van der Waals surface area contributed by atoms with Crippen molar-refractivity contribution in [1.82, 2.24) is 5.32 Å². The fraction of sp³-hybridized carbons (Fsp3) is 0.333. The molecule has 0 saturated carbocycles. The highest BCUT2D eigenvalue weighted by molar-refractivity contribution is 9.10. The molecule has 0 radical (unpaired) electrons. The largest absolute Gasteiger partial charge is 0.352 e. The monoisotopic (exact) mass is 363 g/mol. The first-order valence-corrected chi connectivity index (χ1v) is 7.93. The molecule has 0 aromatic heterocycles. The van der Waals surface area contributed by atoms with E-state index in [0.717, 1.165) is 0 Å². The van der Waals surface area contributed by atoms with E-state index in [1.54, 1.807) is 6.07 Å². The molecule has 0 spiro atoms. The zero-order chi connectivity index (χ0) is 15.1. The number of amides is 3. The van der Waals surface area contributed by atoms with Crippen LogP contribution in [0.3, 0.4) is 0 Å². The van der Waals surface area contributed by atoms with Crippen molar-refractivity contribution in [2.24, 2.45) is 5.73 Å². The van der Waals surface area contributed by atoms with Gasteiger partial charge in [-0.25, -0.2) is 9.18 Å². The van der Waals surface area contributed by atoms with E-state index in [1.165, 1.54) is 23.9 Å². The van der Waals surface area contributed by atoms with E-state index in [9.17, 15) is 14.0 Å². The summed E-state index contributed by atoms with van der Waals surface area (Å²) in [4.78, 5) is 22.9. The Kier molecular flexibility index (Phi) is 6.80. The van der Waals surface area contributed by atoms with E-state index in [1.807, 2.05) is 6.26 Å². The highest BCUT2D eigenvalue weighted by atomic mass is 79.9. The minimum atomic E-state index is -0.789. The number of anilines is 1. The minimum Gasteiger partial charge on any atom is -0.352 e. The van der Waals surface area contributed by atoms with Crippen LogP contribution in [0.25, 0.3) is 0 Å². The molecule has 1 aromatic carbocycles. The Morgan fingerprint density at radius 2 is 2.20 bits per heavy atom. The Hall–Kier alpha value is -1.28. The molecular formula is C12H15BrFN3O2S. The van der Waals surface area contributed by atoms with Gasteiger partial charge in [-0.15, -0.1) is 0 Å². The van der Waals surface area contributed by atoms with E-state index >= 15 is 0 Å². The normalized spacial score (nSPS) is 11.8. The second kappa shape index (κ2) is 8.11. The third-order valence-corrected chi connectivity index (χ3v) is 3.57. The van der Waals surface area contributed by atoms with Gasteiger partial charge in [0.05, 0.1) is 5.69 Å². The minimum absolute atomic E-state index is 0.0543. The van der Waals surface area contributed by atoms with Crippen LogP contribution in [0.2, 0.25) is 0 Å². The molecule has 1 unspecified atom stereocenters. The lowest BCUT2D eigenvalue weighted by Gasteiger charge is -2.17. The molecule has 1 rings (SSSR count). The third kappa shape index (κ3) is 5.38. The number of nitrogens with one attached hydrogen (secondary N) is 2. The Labute approximate surface area is 129 Å². The molecular weight excluding hydrogens is 349 g/mol. The van der Waals surface area contributed by atoms with E-state index in [-0.39, 0.29) is 5.69 Å². The second-order valence-electron chi connectivity index (χ2n) is 3.96. The van der Waals surface area contributed by atoms with Gasteiger partial charge in [0.25, 0.3) is 0 Å². The van der Waals surface area contributed by atoms with Crippen LogP contribution in [0.1, 0.15) is 6.42 Å². The maximum atomic E-state index is 13.6. The fourth-order valence-corrected chi connectivity index (χ4v) is 2.29. The molecule has 110 valence electrons. The van der Waals surface area contributed by atoms with Gasteiger partial charge >= 0.3 is 6.03 Å². The van der Waals surface area contributed by atoms with Gasteiger partial charge < -0.3 is 16.4 Å². The lowest BCUT2D eigenvalue weighted by atomic mass is 10.2. The highest BCUT2D eigenvalue weighted by Crippen LogP contribution is 2.19. The first kappa shape index (κ1) is 16.8. The van der Waals surface area contributed by atoms with Gasteiger partial charge in [-0.2, -0.15) is 11.8 Å². The topological polar surface area (TPSA) is 84.2 Å². The smallest absolute Gasteiger partial charge is 0.312 e. The van der Waals surface area contributed by atoms with E-state index in [4.69, 9.17) is 5.73 Å². The second-order valence-corrected chi connectivity index (χ2v) is 5.86. The Balaban J connectivity index is 2.76. The maximum Gasteiger partial charge on any atom is 0.312 e. The van der Waals surface area contributed by atoms with Crippen molar-refractivity contribution in [3.8, 4) is 0 Å². The SMILES string of the molecule is CSCCC(NC(N)=O)C(=O)Nc1ccc(Br)cc1F. The molecule has 0 bridgehead atoms. The average Bonchev–Trinajstić information content (AvgIpc) is 2.37. The fourth-order valence-electron chi connectivity index (χ4n) is 1.49. The number of carbonyl (C=O) groups is 2. The van der Waals surface area contributed by atoms with Crippen molar-refractivity contribution in [2.75, 3.05) is 17.3 Å². The van der Waals surface area contributed by atoms with Crippen LogP contribution in [0.4, 0.5) is 14.9 Å². The van der Waals surface area contributed by atoms with Gasteiger partial charge in [0.1, 0.15) is 11.9 Å². The van der Waals surface area contributed by atoms with Crippen molar-refractivity contribution in [2.45, 2.75) is 12.5 Å². The summed E-state index contributed by atoms with van der Waals surface area (Å²) in [5, 5.41) is 4.78. The number of primary amides is 1.